The summed E-state index contributed by atoms with van der Waals surface area (Å²) in [4.78, 5) is 29.3. The monoisotopic (exact) mass is 643 g/mol. The molecule has 1 N–H and O–H groups in total. The van der Waals surface area contributed by atoms with Gasteiger partial charge in [0.2, 0.25) is 11.8 Å². The van der Waals surface area contributed by atoms with Gasteiger partial charge in [0, 0.05) is 12.1 Å². The lowest BCUT2D eigenvalue weighted by atomic mass is 10.1. The average Bonchev–Trinajstić information content (AvgIpc) is 3.04. The van der Waals surface area contributed by atoms with Crippen molar-refractivity contribution >= 4 is 27.5 Å². The Morgan fingerprint density at radius 1 is 0.783 bits per heavy atom. The highest BCUT2D eigenvalue weighted by molar-refractivity contribution is 7.92. The highest BCUT2D eigenvalue weighted by Crippen LogP contribution is 2.29. The van der Waals surface area contributed by atoms with Crippen LogP contribution in [0.25, 0.3) is 0 Å². The third-order valence-corrected chi connectivity index (χ3v) is 8.90. The molecule has 0 heterocycles. The van der Waals surface area contributed by atoms with E-state index in [-0.39, 0.29) is 23.0 Å². The van der Waals surface area contributed by atoms with Gasteiger partial charge in [0.25, 0.3) is 10.0 Å². The van der Waals surface area contributed by atoms with E-state index in [1.54, 1.807) is 61.7 Å². The molecule has 0 unspecified atom stereocenters. The molecule has 4 aromatic rings. The number of hydrogen-bond acceptors (Lipinski definition) is 6. The summed E-state index contributed by atoms with van der Waals surface area (Å²) in [5.41, 5.74) is 0.497. The molecule has 0 aliphatic rings. The van der Waals surface area contributed by atoms with Crippen molar-refractivity contribution in [3.63, 3.8) is 0 Å². The molecule has 0 saturated carbocycles. The number of rotatable bonds is 13. The molecule has 0 fully saturated rings. The summed E-state index contributed by atoms with van der Waals surface area (Å²) in [5, 5.41) is 2.98. The number of methoxy groups -OCH3 is 1. The smallest absolute Gasteiger partial charge is 0.264 e. The lowest BCUT2D eigenvalue weighted by Gasteiger charge is -2.34. The van der Waals surface area contributed by atoms with Gasteiger partial charge >= 0.3 is 0 Å². The van der Waals surface area contributed by atoms with E-state index in [0.717, 1.165) is 9.87 Å². The van der Waals surface area contributed by atoms with E-state index < -0.39 is 34.1 Å². The highest BCUT2D eigenvalue weighted by Gasteiger charge is 2.34. The third-order valence-electron chi connectivity index (χ3n) is 7.11. The molecule has 46 heavy (non-hydrogen) atoms. The minimum atomic E-state index is -4.19. The Kier molecular flexibility index (Phi) is 11.1. The van der Waals surface area contributed by atoms with E-state index in [0.29, 0.717) is 23.7 Å². The van der Waals surface area contributed by atoms with E-state index >= 15 is 0 Å². The zero-order chi connectivity index (χ0) is 33.3. The second kappa shape index (κ2) is 15.0. The van der Waals surface area contributed by atoms with Crippen molar-refractivity contribution in [1.29, 1.82) is 0 Å². The first-order chi connectivity index (χ1) is 21.9. The summed E-state index contributed by atoms with van der Waals surface area (Å²) in [6, 6.07) is 30.0. The van der Waals surface area contributed by atoms with E-state index in [2.05, 4.69) is 5.32 Å². The molecule has 0 radical (unpaired) electrons. The molecule has 2 amide bonds. The van der Waals surface area contributed by atoms with Gasteiger partial charge in [-0.1, -0.05) is 55.5 Å². The largest absolute Gasteiger partial charge is 0.497 e. The highest BCUT2D eigenvalue weighted by atomic mass is 32.2. The topological polar surface area (TPSA) is 105 Å². The van der Waals surface area contributed by atoms with Gasteiger partial charge in [-0.15, -0.1) is 0 Å². The van der Waals surface area contributed by atoms with Crippen LogP contribution < -0.4 is 19.1 Å². The van der Waals surface area contributed by atoms with Gasteiger partial charge in [-0.2, -0.15) is 0 Å². The zero-order valence-electron chi connectivity index (χ0n) is 26.8. The molecule has 0 saturated heterocycles. The van der Waals surface area contributed by atoms with E-state index in [1.165, 1.54) is 17.0 Å². The lowest BCUT2D eigenvalue weighted by molar-refractivity contribution is -0.141. The fourth-order valence-corrected chi connectivity index (χ4v) is 6.29. The van der Waals surface area contributed by atoms with Gasteiger partial charge in [-0.05, 0) is 93.4 Å². The van der Waals surface area contributed by atoms with E-state index in [4.69, 9.17) is 9.47 Å². The van der Waals surface area contributed by atoms with E-state index in [1.807, 2.05) is 70.2 Å². The lowest BCUT2D eigenvalue weighted by Crippen LogP contribution is -2.55. The molecule has 242 valence electrons. The Morgan fingerprint density at radius 3 is 1.87 bits per heavy atom. The first kappa shape index (κ1) is 34.1. The Hall–Kier alpha value is -4.83. The van der Waals surface area contributed by atoms with Crippen LogP contribution in [0.2, 0.25) is 0 Å². The normalized spacial score (nSPS) is 12.1. The van der Waals surface area contributed by atoms with Crippen LogP contribution in [0.1, 0.15) is 39.7 Å². The maximum Gasteiger partial charge on any atom is 0.264 e. The van der Waals surface area contributed by atoms with Gasteiger partial charge in [-0.25, -0.2) is 8.42 Å². The minimum Gasteiger partial charge on any atom is -0.497 e. The maximum atomic E-state index is 14.3. The standard InChI is InChI=1S/C36H41N3O6S/c1-6-33(35(41)37-36(2,3)4)38(25-27-17-21-29(44-5)22-18-27)34(40)26-39(46(42,43)32-15-11-8-12-16-32)28-19-23-31(24-20-28)45-30-13-9-7-10-14-30/h7-24,33H,6,25-26H2,1-5H3,(H,37,41)/t33-/m1/s1. The SMILES string of the molecule is CC[C@H](C(=O)NC(C)(C)C)N(Cc1ccc(OC)cc1)C(=O)CN(c1ccc(Oc2ccccc2)cc1)S(=O)(=O)c1ccccc1. The van der Waals surface area contributed by atoms with Crippen LogP contribution in [0.15, 0.2) is 114 Å². The Bertz CT molecular complexity index is 1690. The minimum absolute atomic E-state index is 0.0339. The summed E-state index contributed by atoms with van der Waals surface area (Å²) in [5.74, 6) is 0.934. The van der Waals surface area contributed by atoms with Crippen LogP contribution in [0.5, 0.6) is 17.2 Å². The van der Waals surface area contributed by atoms with Crippen molar-refractivity contribution in [2.75, 3.05) is 18.0 Å². The first-order valence-corrected chi connectivity index (χ1v) is 16.5. The number of amides is 2. The fourth-order valence-electron chi connectivity index (χ4n) is 4.85. The van der Waals surface area contributed by atoms with Crippen molar-refractivity contribution in [2.24, 2.45) is 0 Å². The molecule has 4 rings (SSSR count). The molecule has 4 aromatic carbocycles. The molecular formula is C36H41N3O6S. The zero-order valence-corrected chi connectivity index (χ0v) is 27.7. The Morgan fingerprint density at radius 2 is 1.33 bits per heavy atom. The number of sulfonamides is 1. The van der Waals surface area contributed by atoms with Crippen molar-refractivity contribution < 1.29 is 27.5 Å². The number of hydrogen-bond donors (Lipinski definition) is 1. The van der Waals surface area contributed by atoms with Gasteiger partial charge in [0.05, 0.1) is 17.7 Å². The van der Waals surface area contributed by atoms with E-state index in [9.17, 15) is 18.0 Å². The Balaban J connectivity index is 1.72. The molecule has 0 aromatic heterocycles. The van der Waals surface area contributed by atoms with Crippen molar-refractivity contribution in [2.45, 2.75) is 57.1 Å². The van der Waals surface area contributed by atoms with Crippen molar-refractivity contribution in [3.05, 3.63) is 115 Å². The number of benzene rings is 4. The molecule has 9 nitrogen and oxygen atoms in total. The number of nitrogens with one attached hydrogen (secondary N) is 1. The molecule has 0 spiro atoms. The Labute approximate surface area is 271 Å². The molecule has 0 aliphatic carbocycles. The second-order valence-electron chi connectivity index (χ2n) is 11.8. The van der Waals surface area contributed by atoms with Gasteiger partial charge in [-0.3, -0.25) is 13.9 Å². The predicted molar refractivity (Wildman–Crippen MR) is 179 cm³/mol. The van der Waals surface area contributed by atoms with Crippen LogP contribution in [-0.4, -0.2) is 50.4 Å². The number of anilines is 1. The first-order valence-electron chi connectivity index (χ1n) is 15.1. The predicted octanol–water partition coefficient (Wildman–Crippen LogP) is 6.40. The summed E-state index contributed by atoms with van der Waals surface area (Å²) < 4.78 is 40.4. The molecule has 10 heteroatoms. The van der Waals surface area contributed by atoms with Gasteiger partial charge < -0.3 is 19.7 Å². The maximum absolute atomic E-state index is 14.3. The van der Waals surface area contributed by atoms with Crippen LogP contribution in [0.4, 0.5) is 5.69 Å². The number of nitrogens with zero attached hydrogens (tertiary/aromatic N) is 2. The number of carbonyl (C=O) groups excluding carboxylic acids is 2. The average molecular weight is 644 g/mol. The van der Waals surface area contributed by atoms with Crippen molar-refractivity contribution in [3.8, 4) is 17.2 Å². The summed E-state index contributed by atoms with van der Waals surface area (Å²) in [7, 11) is -2.62. The molecule has 0 bridgehead atoms. The molecular weight excluding hydrogens is 602 g/mol. The quantitative estimate of drug-likeness (QED) is 0.181. The summed E-state index contributed by atoms with van der Waals surface area (Å²) in [6.07, 6.45) is 0.320. The number of carbonyl (C=O) groups is 2. The second-order valence-corrected chi connectivity index (χ2v) is 13.6. The third kappa shape index (κ3) is 8.88. The summed E-state index contributed by atoms with van der Waals surface area (Å²) in [6.45, 7) is 6.98. The van der Waals surface area contributed by atoms with Crippen molar-refractivity contribution in [1.82, 2.24) is 10.2 Å². The summed E-state index contributed by atoms with van der Waals surface area (Å²) >= 11 is 0. The van der Waals surface area contributed by atoms with Gasteiger partial charge in [0.15, 0.2) is 0 Å². The number of para-hydroxylation sites is 1. The van der Waals surface area contributed by atoms with Gasteiger partial charge in [0.1, 0.15) is 29.8 Å². The fraction of sp³-hybridized carbons (Fsp3) is 0.278. The van der Waals surface area contributed by atoms with Crippen LogP contribution in [0, 0.1) is 0 Å². The molecule has 0 aliphatic heterocycles. The van der Waals surface area contributed by atoms with Crippen LogP contribution >= 0.6 is 0 Å². The molecule has 1 atom stereocenters. The van der Waals surface area contributed by atoms with Crippen LogP contribution in [-0.2, 0) is 26.2 Å². The van der Waals surface area contributed by atoms with Crippen LogP contribution in [0.3, 0.4) is 0 Å². The number of ether oxygens (including phenoxy) is 2.